The Kier molecular flexibility index (Phi) is 4.94. The van der Waals surface area contributed by atoms with Gasteiger partial charge in [-0.25, -0.2) is 5.43 Å². The molecular weight excluding hydrogens is 322 g/mol. The van der Waals surface area contributed by atoms with Gasteiger partial charge in [-0.3, -0.25) is 4.79 Å². The van der Waals surface area contributed by atoms with Crippen molar-refractivity contribution in [1.29, 1.82) is 0 Å². The summed E-state index contributed by atoms with van der Waals surface area (Å²) in [6.45, 7) is 9.45. The summed E-state index contributed by atoms with van der Waals surface area (Å²) >= 11 is 0. The number of para-hydroxylation sites is 1. The van der Waals surface area contributed by atoms with Crippen molar-refractivity contribution < 1.29 is 4.79 Å². The van der Waals surface area contributed by atoms with Crippen LogP contribution in [-0.4, -0.2) is 16.7 Å². The fourth-order valence-corrected chi connectivity index (χ4v) is 2.99. The number of hydrazone groups is 1. The summed E-state index contributed by atoms with van der Waals surface area (Å²) in [7, 11) is 0. The highest BCUT2D eigenvalue weighted by molar-refractivity contribution is 6.00. The maximum atomic E-state index is 12.3. The predicted octanol–water partition coefficient (Wildman–Crippen LogP) is 4.72. The molecule has 3 aromatic rings. The lowest BCUT2D eigenvalue weighted by Gasteiger charge is -2.18. The highest BCUT2D eigenvalue weighted by Gasteiger charge is 2.14. The van der Waals surface area contributed by atoms with Crippen LogP contribution in [0.3, 0.4) is 0 Å². The fourth-order valence-electron chi connectivity index (χ4n) is 2.99. The Bertz CT molecular complexity index is 944. The quantitative estimate of drug-likeness (QED) is 0.538. The monoisotopic (exact) mass is 347 g/mol. The zero-order valence-corrected chi connectivity index (χ0v) is 15.8. The van der Waals surface area contributed by atoms with Crippen LogP contribution in [0.25, 0.3) is 10.9 Å². The average Bonchev–Trinajstić information content (AvgIpc) is 2.99. The average molecular weight is 347 g/mol. The third-order valence-corrected chi connectivity index (χ3v) is 4.54. The van der Waals surface area contributed by atoms with Gasteiger partial charge in [0.2, 0.25) is 0 Å². The third kappa shape index (κ3) is 3.69. The molecular formula is C22H25N3O. The number of nitrogens with one attached hydrogen (secondary N) is 1. The molecule has 0 atom stereocenters. The Morgan fingerprint density at radius 2 is 1.81 bits per heavy atom. The van der Waals surface area contributed by atoms with Gasteiger partial charge in [0.05, 0.1) is 6.21 Å². The van der Waals surface area contributed by atoms with Crippen LogP contribution in [-0.2, 0) is 12.0 Å². The van der Waals surface area contributed by atoms with Gasteiger partial charge in [0, 0.05) is 34.8 Å². The molecule has 1 heterocycles. The third-order valence-electron chi connectivity index (χ3n) is 4.54. The standard InChI is InChI=1S/C22H25N3O/c1-5-25-15-17(19-8-6-7-9-20(19)25)14-23-24-21(26)16-10-12-18(13-11-16)22(2,3)4/h6-15H,5H2,1-4H3,(H,24,26)/b23-14+. The summed E-state index contributed by atoms with van der Waals surface area (Å²) in [6.07, 6.45) is 3.76. The van der Waals surface area contributed by atoms with E-state index in [9.17, 15) is 4.79 Å². The maximum absolute atomic E-state index is 12.3. The Balaban J connectivity index is 1.74. The van der Waals surface area contributed by atoms with Crippen LogP contribution < -0.4 is 5.43 Å². The minimum Gasteiger partial charge on any atom is -0.347 e. The number of benzene rings is 2. The lowest BCUT2D eigenvalue weighted by Crippen LogP contribution is -2.18. The van der Waals surface area contributed by atoms with E-state index >= 15 is 0 Å². The molecule has 1 amide bonds. The number of nitrogens with zero attached hydrogens (tertiary/aromatic N) is 2. The highest BCUT2D eigenvalue weighted by Crippen LogP contribution is 2.22. The minimum absolute atomic E-state index is 0.0701. The first-order valence-electron chi connectivity index (χ1n) is 8.92. The first-order chi connectivity index (χ1) is 12.4. The molecule has 0 aliphatic rings. The second-order valence-corrected chi connectivity index (χ2v) is 7.41. The normalized spacial score (nSPS) is 12.0. The molecule has 134 valence electrons. The van der Waals surface area contributed by atoms with E-state index in [2.05, 4.69) is 61.1 Å². The molecule has 1 aromatic heterocycles. The number of aromatic nitrogens is 1. The molecule has 3 rings (SSSR count). The second kappa shape index (κ2) is 7.16. The number of hydrogen-bond donors (Lipinski definition) is 1. The topological polar surface area (TPSA) is 46.4 Å². The van der Waals surface area contributed by atoms with Crippen LogP contribution in [0.2, 0.25) is 0 Å². The lowest BCUT2D eigenvalue weighted by molar-refractivity contribution is 0.0955. The second-order valence-electron chi connectivity index (χ2n) is 7.41. The summed E-state index contributed by atoms with van der Waals surface area (Å²) < 4.78 is 2.17. The van der Waals surface area contributed by atoms with Crippen molar-refractivity contribution in [3.63, 3.8) is 0 Å². The van der Waals surface area contributed by atoms with E-state index in [0.717, 1.165) is 17.5 Å². The van der Waals surface area contributed by atoms with E-state index in [4.69, 9.17) is 0 Å². The summed E-state index contributed by atoms with van der Waals surface area (Å²) in [5.74, 6) is -0.207. The van der Waals surface area contributed by atoms with E-state index in [0.29, 0.717) is 5.56 Å². The molecule has 0 bridgehead atoms. The zero-order chi connectivity index (χ0) is 18.7. The van der Waals surface area contributed by atoms with E-state index < -0.39 is 0 Å². The van der Waals surface area contributed by atoms with Crippen molar-refractivity contribution in [2.75, 3.05) is 0 Å². The molecule has 4 heteroatoms. The van der Waals surface area contributed by atoms with Crippen molar-refractivity contribution in [1.82, 2.24) is 9.99 Å². The number of carbonyl (C=O) groups excluding carboxylic acids is 1. The molecule has 0 saturated heterocycles. The molecule has 0 unspecified atom stereocenters. The van der Waals surface area contributed by atoms with E-state index in [1.807, 2.05) is 36.4 Å². The van der Waals surface area contributed by atoms with Crippen LogP contribution in [0.4, 0.5) is 0 Å². The summed E-state index contributed by atoms with van der Waals surface area (Å²) in [5, 5.41) is 5.28. The lowest BCUT2D eigenvalue weighted by atomic mass is 9.87. The van der Waals surface area contributed by atoms with Crippen LogP contribution in [0.5, 0.6) is 0 Å². The number of amides is 1. The van der Waals surface area contributed by atoms with Crippen molar-refractivity contribution in [3.8, 4) is 0 Å². The SMILES string of the molecule is CCn1cc(/C=N/NC(=O)c2ccc(C(C)(C)C)cc2)c2ccccc21. The number of hydrogen-bond acceptors (Lipinski definition) is 2. The Morgan fingerprint density at radius 1 is 1.12 bits per heavy atom. The number of fused-ring (bicyclic) bond motifs is 1. The van der Waals surface area contributed by atoms with E-state index in [-0.39, 0.29) is 11.3 Å². The van der Waals surface area contributed by atoms with Crippen molar-refractivity contribution in [2.24, 2.45) is 5.10 Å². The molecule has 0 spiro atoms. The molecule has 2 aromatic carbocycles. The van der Waals surface area contributed by atoms with Gasteiger partial charge in [-0.05, 0) is 36.1 Å². The van der Waals surface area contributed by atoms with Gasteiger partial charge in [-0.15, -0.1) is 0 Å². The molecule has 0 aliphatic heterocycles. The predicted molar refractivity (Wildman–Crippen MR) is 108 cm³/mol. The largest absolute Gasteiger partial charge is 0.347 e. The van der Waals surface area contributed by atoms with Gasteiger partial charge in [-0.2, -0.15) is 5.10 Å². The summed E-state index contributed by atoms with van der Waals surface area (Å²) in [6, 6.07) is 15.9. The van der Waals surface area contributed by atoms with Gasteiger partial charge in [0.15, 0.2) is 0 Å². The van der Waals surface area contributed by atoms with Crippen LogP contribution in [0.1, 0.15) is 49.2 Å². The Hall–Kier alpha value is -2.88. The number of aryl methyl sites for hydroxylation is 1. The van der Waals surface area contributed by atoms with Crippen LogP contribution >= 0.6 is 0 Å². The van der Waals surface area contributed by atoms with Crippen molar-refractivity contribution in [3.05, 3.63) is 71.4 Å². The maximum Gasteiger partial charge on any atom is 0.271 e. The summed E-state index contributed by atoms with van der Waals surface area (Å²) in [5.41, 5.74) is 6.65. The molecule has 0 fully saturated rings. The Labute approximate surface area is 154 Å². The van der Waals surface area contributed by atoms with Gasteiger partial charge in [0.25, 0.3) is 5.91 Å². The van der Waals surface area contributed by atoms with Gasteiger partial charge < -0.3 is 4.57 Å². The van der Waals surface area contributed by atoms with Gasteiger partial charge >= 0.3 is 0 Å². The van der Waals surface area contributed by atoms with E-state index in [1.165, 1.54) is 11.1 Å². The fraction of sp³-hybridized carbons (Fsp3) is 0.273. The highest BCUT2D eigenvalue weighted by atomic mass is 16.2. The molecule has 4 nitrogen and oxygen atoms in total. The number of rotatable bonds is 4. The number of carbonyl (C=O) groups is 1. The van der Waals surface area contributed by atoms with Gasteiger partial charge in [-0.1, -0.05) is 51.1 Å². The van der Waals surface area contributed by atoms with Gasteiger partial charge in [0.1, 0.15) is 0 Å². The minimum atomic E-state index is -0.207. The first-order valence-corrected chi connectivity index (χ1v) is 8.92. The van der Waals surface area contributed by atoms with Crippen LogP contribution in [0.15, 0.2) is 59.8 Å². The zero-order valence-electron chi connectivity index (χ0n) is 15.8. The molecule has 1 N–H and O–H groups in total. The van der Waals surface area contributed by atoms with Crippen LogP contribution in [0, 0.1) is 0 Å². The molecule has 0 aliphatic carbocycles. The molecule has 0 saturated carbocycles. The first kappa shape index (κ1) is 17.9. The molecule has 0 radical (unpaired) electrons. The summed E-state index contributed by atoms with van der Waals surface area (Å²) in [4.78, 5) is 12.3. The van der Waals surface area contributed by atoms with Crippen molar-refractivity contribution >= 4 is 23.0 Å². The van der Waals surface area contributed by atoms with Crippen molar-refractivity contribution in [2.45, 2.75) is 39.7 Å². The van der Waals surface area contributed by atoms with E-state index in [1.54, 1.807) is 6.21 Å². The smallest absolute Gasteiger partial charge is 0.271 e. The Morgan fingerprint density at radius 3 is 2.46 bits per heavy atom. The molecule has 26 heavy (non-hydrogen) atoms.